The summed E-state index contributed by atoms with van der Waals surface area (Å²) in [4.78, 5) is 38.5. The van der Waals surface area contributed by atoms with Crippen LogP contribution < -0.4 is 10.4 Å². The largest absolute Gasteiger partial charge is 0.548 e. The number of hydrogen-bond donors (Lipinski definition) is 1. The van der Waals surface area contributed by atoms with Crippen molar-refractivity contribution in [3.8, 4) is 11.1 Å². The summed E-state index contributed by atoms with van der Waals surface area (Å²) in [6.45, 7) is 7.67. The lowest BCUT2D eigenvalue weighted by molar-refractivity contribution is -0.308. The van der Waals surface area contributed by atoms with Crippen LogP contribution in [0, 0.1) is 18.8 Å². The van der Waals surface area contributed by atoms with Crippen LogP contribution in [0.25, 0.3) is 11.1 Å². The maximum atomic E-state index is 13.4. The molecule has 1 aliphatic carbocycles. The van der Waals surface area contributed by atoms with E-state index in [1.807, 2.05) is 70.3 Å². The number of esters is 1. The number of benzene rings is 2. The van der Waals surface area contributed by atoms with Gasteiger partial charge in [0.15, 0.2) is 0 Å². The molecule has 3 rings (SSSR count). The van der Waals surface area contributed by atoms with Gasteiger partial charge < -0.3 is 20.0 Å². The van der Waals surface area contributed by atoms with Crippen LogP contribution in [-0.2, 0) is 20.7 Å². The quantitative estimate of drug-likeness (QED) is 0.287. The van der Waals surface area contributed by atoms with Crippen LogP contribution in [-0.4, -0.2) is 41.5 Å². The van der Waals surface area contributed by atoms with E-state index in [0.29, 0.717) is 23.7 Å². The molecule has 0 heterocycles. The highest BCUT2D eigenvalue weighted by molar-refractivity contribution is 7.98. The number of ether oxygens (including phenoxy) is 1. The number of rotatable bonds is 13. The Hall–Kier alpha value is -2.80. The Bertz CT molecular complexity index is 1180. The first-order chi connectivity index (χ1) is 19.5. The number of hydrogen-bond acceptors (Lipinski definition) is 6. The maximum absolute atomic E-state index is 13.4. The van der Waals surface area contributed by atoms with Gasteiger partial charge in [0.2, 0.25) is 0 Å². The fourth-order valence-electron chi connectivity index (χ4n) is 5.62. The lowest BCUT2D eigenvalue weighted by Gasteiger charge is -2.27. The SMILES string of the molecule is CSCC[C@H](NC(=O)c1ccc(CC(CCC2CCCCC2)C(=O)OC(C)(C)C)cc1-c1ccccc1C)C(=O)[O-]. The molecule has 1 N–H and O–H groups in total. The van der Waals surface area contributed by atoms with Crippen molar-refractivity contribution < 1.29 is 24.2 Å². The van der Waals surface area contributed by atoms with Gasteiger partial charge in [-0.2, -0.15) is 11.8 Å². The summed E-state index contributed by atoms with van der Waals surface area (Å²) in [6.07, 6.45) is 10.8. The van der Waals surface area contributed by atoms with Gasteiger partial charge in [0.25, 0.3) is 5.91 Å². The zero-order chi connectivity index (χ0) is 30.0. The average Bonchev–Trinajstić information content (AvgIpc) is 2.92. The third-order valence-corrected chi connectivity index (χ3v) is 8.48. The van der Waals surface area contributed by atoms with Gasteiger partial charge in [-0.15, -0.1) is 0 Å². The zero-order valence-corrected chi connectivity index (χ0v) is 26.1. The molecule has 0 radical (unpaired) electrons. The van der Waals surface area contributed by atoms with E-state index < -0.39 is 23.5 Å². The van der Waals surface area contributed by atoms with Gasteiger partial charge in [-0.25, -0.2) is 0 Å². The molecule has 2 aromatic rings. The van der Waals surface area contributed by atoms with Crippen LogP contribution in [0.3, 0.4) is 0 Å². The van der Waals surface area contributed by atoms with E-state index in [1.165, 1.54) is 43.9 Å². The maximum Gasteiger partial charge on any atom is 0.309 e. The molecule has 6 nitrogen and oxygen atoms in total. The Morgan fingerprint density at radius 3 is 2.37 bits per heavy atom. The predicted octanol–water partition coefficient (Wildman–Crippen LogP) is 6.12. The molecule has 1 fully saturated rings. The van der Waals surface area contributed by atoms with Crippen LogP contribution in [0.5, 0.6) is 0 Å². The standard InChI is InChI=1S/C34H47NO5S/c1-23-11-9-10-14-27(23)29-22-25(16-18-28(29)31(36)35-30(32(37)38)19-20-41-5)21-26(33(39)40-34(2,3)4)17-15-24-12-7-6-8-13-24/h9-11,14,16,18,22,24,26,30H,6-8,12-13,15,17,19-21H2,1-5H3,(H,35,36)(H,37,38)/p-1/t26?,30-/m0/s1. The van der Waals surface area contributed by atoms with Crippen molar-refractivity contribution in [3.63, 3.8) is 0 Å². The normalized spacial score (nSPS) is 15.6. The van der Waals surface area contributed by atoms with E-state index in [9.17, 15) is 19.5 Å². The molecule has 2 atom stereocenters. The third kappa shape index (κ3) is 10.2. The molecule has 41 heavy (non-hydrogen) atoms. The molecule has 2 aromatic carbocycles. The molecule has 0 saturated heterocycles. The molecule has 1 aliphatic rings. The monoisotopic (exact) mass is 580 g/mol. The fourth-order valence-corrected chi connectivity index (χ4v) is 6.09. The summed E-state index contributed by atoms with van der Waals surface area (Å²) in [6, 6.07) is 12.4. The Kier molecular flexibility index (Phi) is 12.3. The third-order valence-electron chi connectivity index (χ3n) is 7.83. The average molecular weight is 581 g/mol. The Morgan fingerprint density at radius 2 is 1.73 bits per heavy atom. The summed E-state index contributed by atoms with van der Waals surface area (Å²) in [7, 11) is 0. The summed E-state index contributed by atoms with van der Waals surface area (Å²) in [5.41, 5.74) is 3.38. The number of thioether (sulfide) groups is 1. The molecule has 224 valence electrons. The van der Waals surface area contributed by atoms with Crippen molar-refractivity contribution in [2.24, 2.45) is 11.8 Å². The number of carbonyl (C=O) groups is 3. The van der Waals surface area contributed by atoms with Crippen molar-refractivity contribution in [1.82, 2.24) is 5.32 Å². The molecule has 1 amide bonds. The molecular formula is C34H46NO5S-. The number of aryl methyl sites for hydroxylation is 1. The summed E-state index contributed by atoms with van der Waals surface area (Å²) in [5.74, 6) is -0.960. The van der Waals surface area contributed by atoms with E-state index >= 15 is 0 Å². The Morgan fingerprint density at radius 1 is 1.02 bits per heavy atom. The van der Waals surface area contributed by atoms with Gasteiger partial charge >= 0.3 is 5.97 Å². The van der Waals surface area contributed by atoms with E-state index in [-0.39, 0.29) is 18.3 Å². The summed E-state index contributed by atoms with van der Waals surface area (Å²) in [5, 5.41) is 14.4. The number of carboxylic acid groups (broad SMARTS) is 1. The lowest BCUT2D eigenvalue weighted by atomic mass is 9.82. The van der Waals surface area contributed by atoms with Gasteiger partial charge in [0, 0.05) is 5.56 Å². The van der Waals surface area contributed by atoms with Crippen molar-refractivity contribution in [2.45, 2.75) is 97.1 Å². The topological polar surface area (TPSA) is 95.5 Å². The number of carbonyl (C=O) groups excluding carboxylic acids is 3. The molecule has 7 heteroatoms. The first-order valence-corrected chi connectivity index (χ1v) is 16.3. The minimum Gasteiger partial charge on any atom is -0.548 e. The van der Waals surface area contributed by atoms with Crippen LogP contribution in [0.1, 0.15) is 93.6 Å². The predicted molar refractivity (Wildman–Crippen MR) is 165 cm³/mol. The van der Waals surface area contributed by atoms with Crippen LogP contribution in [0.4, 0.5) is 0 Å². The van der Waals surface area contributed by atoms with Crippen LogP contribution in [0.15, 0.2) is 42.5 Å². The molecule has 1 unspecified atom stereocenters. The van der Waals surface area contributed by atoms with E-state index in [2.05, 4.69) is 5.32 Å². The molecule has 1 saturated carbocycles. The van der Waals surface area contributed by atoms with Crippen molar-refractivity contribution in [2.75, 3.05) is 12.0 Å². The van der Waals surface area contributed by atoms with Gasteiger partial charge in [0.1, 0.15) is 5.60 Å². The van der Waals surface area contributed by atoms with E-state index in [4.69, 9.17) is 4.74 Å². The molecular weight excluding hydrogens is 534 g/mol. The Balaban J connectivity index is 1.93. The zero-order valence-electron chi connectivity index (χ0n) is 25.3. The highest BCUT2D eigenvalue weighted by Crippen LogP contribution is 2.32. The first kappa shape index (κ1) is 32.7. The Labute approximate surface area is 250 Å². The first-order valence-electron chi connectivity index (χ1n) is 14.9. The number of nitrogens with one attached hydrogen (secondary N) is 1. The molecule has 0 aliphatic heterocycles. The van der Waals surface area contributed by atoms with Gasteiger partial charge in [0.05, 0.1) is 17.9 Å². The van der Waals surface area contributed by atoms with Crippen LogP contribution >= 0.6 is 11.8 Å². The van der Waals surface area contributed by atoms with Crippen molar-refractivity contribution in [1.29, 1.82) is 0 Å². The summed E-state index contributed by atoms with van der Waals surface area (Å²) < 4.78 is 5.84. The second kappa shape index (κ2) is 15.4. The van der Waals surface area contributed by atoms with Gasteiger partial charge in [-0.05, 0) is 99.6 Å². The van der Waals surface area contributed by atoms with Crippen molar-refractivity contribution >= 4 is 29.6 Å². The highest BCUT2D eigenvalue weighted by atomic mass is 32.2. The second-order valence-electron chi connectivity index (χ2n) is 12.3. The smallest absolute Gasteiger partial charge is 0.309 e. The molecule has 0 bridgehead atoms. The fraction of sp³-hybridized carbons (Fsp3) is 0.559. The second-order valence-corrected chi connectivity index (χ2v) is 13.3. The van der Waals surface area contributed by atoms with Gasteiger partial charge in [-0.3, -0.25) is 9.59 Å². The van der Waals surface area contributed by atoms with Crippen LogP contribution in [0.2, 0.25) is 0 Å². The number of amides is 1. The minimum atomic E-state index is -1.29. The van der Waals surface area contributed by atoms with Gasteiger partial charge in [-0.1, -0.05) is 68.5 Å². The van der Waals surface area contributed by atoms with E-state index in [1.54, 1.807) is 6.07 Å². The minimum absolute atomic E-state index is 0.182. The lowest BCUT2D eigenvalue weighted by Crippen LogP contribution is -2.48. The van der Waals surface area contributed by atoms with E-state index in [0.717, 1.165) is 35.1 Å². The number of carboxylic acids is 1. The summed E-state index contributed by atoms with van der Waals surface area (Å²) >= 11 is 1.52. The molecule has 0 aromatic heterocycles. The molecule has 0 spiro atoms. The number of aliphatic carboxylic acids is 1. The highest BCUT2D eigenvalue weighted by Gasteiger charge is 2.28. The van der Waals surface area contributed by atoms with Crippen molar-refractivity contribution in [3.05, 3.63) is 59.2 Å².